The van der Waals surface area contributed by atoms with Crippen molar-refractivity contribution in [2.75, 3.05) is 18.5 Å². The zero-order valence-corrected chi connectivity index (χ0v) is 13.5. The minimum absolute atomic E-state index is 0.652. The van der Waals surface area contributed by atoms with Crippen LogP contribution in [0.2, 0.25) is 0 Å². The molecular weight excluding hydrogens is 260 g/mol. The van der Waals surface area contributed by atoms with Crippen LogP contribution in [-0.2, 0) is 13.1 Å². The molecule has 0 saturated carbocycles. The van der Waals surface area contributed by atoms with Crippen molar-refractivity contribution >= 4 is 5.69 Å². The number of furan rings is 1. The van der Waals surface area contributed by atoms with E-state index in [1.165, 1.54) is 16.8 Å². The summed E-state index contributed by atoms with van der Waals surface area (Å²) in [6.07, 6.45) is 1.78. The Bertz CT molecular complexity index is 543. The molecule has 0 amide bonds. The number of nitrogens with one attached hydrogen (secondary N) is 1. The summed E-state index contributed by atoms with van der Waals surface area (Å²) < 4.78 is 5.61. The number of aryl methyl sites for hydroxylation is 1. The Morgan fingerprint density at radius 1 is 1.14 bits per heavy atom. The van der Waals surface area contributed by atoms with Gasteiger partial charge in [-0.1, -0.05) is 31.5 Å². The van der Waals surface area contributed by atoms with Gasteiger partial charge in [0.25, 0.3) is 0 Å². The van der Waals surface area contributed by atoms with E-state index in [0.717, 1.165) is 25.4 Å². The molecular formula is C18H26N2O. The SMILES string of the molecule is Cc1ccc(N(C)Cc2ccoc2CNCC(C)C)cc1. The third-order valence-corrected chi connectivity index (χ3v) is 3.56. The second-order valence-corrected chi connectivity index (χ2v) is 6.09. The first-order valence-electron chi connectivity index (χ1n) is 7.60. The zero-order chi connectivity index (χ0) is 15.2. The lowest BCUT2D eigenvalue weighted by Crippen LogP contribution is -2.21. The molecule has 1 aromatic heterocycles. The summed E-state index contributed by atoms with van der Waals surface area (Å²) in [7, 11) is 2.11. The summed E-state index contributed by atoms with van der Waals surface area (Å²) in [5.74, 6) is 1.69. The first kappa shape index (κ1) is 15.6. The predicted molar refractivity (Wildman–Crippen MR) is 88.5 cm³/mol. The van der Waals surface area contributed by atoms with E-state index in [1.807, 2.05) is 0 Å². The number of hydrogen-bond donors (Lipinski definition) is 1. The molecule has 2 aromatic rings. The Kier molecular flexibility index (Phi) is 5.45. The molecule has 3 nitrogen and oxygen atoms in total. The maximum atomic E-state index is 5.61. The average Bonchev–Trinajstić information content (AvgIpc) is 2.86. The van der Waals surface area contributed by atoms with Crippen molar-refractivity contribution in [2.45, 2.75) is 33.9 Å². The van der Waals surface area contributed by atoms with Gasteiger partial charge in [-0.3, -0.25) is 0 Å². The molecule has 2 rings (SSSR count). The van der Waals surface area contributed by atoms with Gasteiger partial charge in [0.2, 0.25) is 0 Å². The van der Waals surface area contributed by atoms with E-state index in [0.29, 0.717) is 5.92 Å². The third-order valence-electron chi connectivity index (χ3n) is 3.56. The van der Waals surface area contributed by atoms with Crippen LogP contribution in [0.25, 0.3) is 0 Å². The van der Waals surface area contributed by atoms with E-state index in [1.54, 1.807) is 6.26 Å². The van der Waals surface area contributed by atoms with Gasteiger partial charge in [-0.05, 0) is 37.6 Å². The van der Waals surface area contributed by atoms with E-state index in [-0.39, 0.29) is 0 Å². The maximum absolute atomic E-state index is 5.61. The van der Waals surface area contributed by atoms with Crippen molar-refractivity contribution in [1.29, 1.82) is 0 Å². The lowest BCUT2D eigenvalue weighted by molar-refractivity contribution is 0.460. The lowest BCUT2D eigenvalue weighted by Gasteiger charge is -2.19. The topological polar surface area (TPSA) is 28.4 Å². The molecule has 1 N–H and O–H groups in total. The average molecular weight is 286 g/mol. The summed E-state index contributed by atoms with van der Waals surface area (Å²) in [6.45, 7) is 9.19. The number of anilines is 1. The van der Waals surface area contributed by atoms with E-state index in [9.17, 15) is 0 Å². The van der Waals surface area contributed by atoms with Gasteiger partial charge in [0.15, 0.2) is 0 Å². The summed E-state index contributed by atoms with van der Waals surface area (Å²) in [6, 6.07) is 10.7. The fraction of sp³-hybridized carbons (Fsp3) is 0.444. The van der Waals surface area contributed by atoms with Crippen molar-refractivity contribution in [3.63, 3.8) is 0 Å². The van der Waals surface area contributed by atoms with Gasteiger partial charge in [-0.25, -0.2) is 0 Å². The highest BCUT2D eigenvalue weighted by Gasteiger charge is 2.09. The van der Waals surface area contributed by atoms with Gasteiger partial charge in [-0.2, -0.15) is 0 Å². The van der Waals surface area contributed by atoms with Crippen LogP contribution in [0.3, 0.4) is 0 Å². The van der Waals surface area contributed by atoms with Crippen LogP contribution >= 0.6 is 0 Å². The van der Waals surface area contributed by atoms with Gasteiger partial charge < -0.3 is 14.6 Å². The normalized spacial score (nSPS) is 11.1. The highest BCUT2D eigenvalue weighted by Crippen LogP contribution is 2.19. The largest absolute Gasteiger partial charge is 0.468 e. The molecule has 0 saturated heterocycles. The molecule has 0 aliphatic carbocycles. The van der Waals surface area contributed by atoms with E-state index in [2.05, 4.69) is 68.4 Å². The standard InChI is InChI=1S/C18H26N2O/c1-14(2)11-19-12-18-16(9-10-21-18)13-20(4)17-7-5-15(3)6-8-17/h5-10,14,19H,11-13H2,1-4H3. The van der Waals surface area contributed by atoms with Crippen LogP contribution in [0, 0.1) is 12.8 Å². The smallest absolute Gasteiger partial charge is 0.122 e. The maximum Gasteiger partial charge on any atom is 0.122 e. The van der Waals surface area contributed by atoms with E-state index in [4.69, 9.17) is 4.42 Å². The quantitative estimate of drug-likeness (QED) is 0.835. The fourth-order valence-electron chi connectivity index (χ4n) is 2.28. The van der Waals surface area contributed by atoms with Gasteiger partial charge in [0, 0.05) is 24.8 Å². The predicted octanol–water partition coefficient (Wildman–Crippen LogP) is 3.97. The minimum atomic E-state index is 0.652. The molecule has 0 unspecified atom stereocenters. The first-order chi connectivity index (χ1) is 10.1. The van der Waals surface area contributed by atoms with E-state index >= 15 is 0 Å². The van der Waals surface area contributed by atoms with Crippen molar-refractivity contribution < 1.29 is 4.42 Å². The third kappa shape index (κ3) is 4.64. The molecule has 0 spiro atoms. The van der Waals surface area contributed by atoms with Crippen LogP contribution < -0.4 is 10.2 Å². The van der Waals surface area contributed by atoms with Crippen molar-refractivity contribution in [1.82, 2.24) is 5.32 Å². The Labute approximate surface area is 128 Å². The Morgan fingerprint density at radius 2 is 1.86 bits per heavy atom. The second-order valence-electron chi connectivity index (χ2n) is 6.09. The number of rotatable bonds is 7. The highest BCUT2D eigenvalue weighted by molar-refractivity contribution is 5.47. The Morgan fingerprint density at radius 3 is 2.52 bits per heavy atom. The number of nitrogens with zero attached hydrogens (tertiary/aromatic N) is 1. The molecule has 114 valence electrons. The summed E-state index contributed by atoms with van der Waals surface area (Å²) >= 11 is 0. The van der Waals surface area contributed by atoms with Gasteiger partial charge >= 0.3 is 0 Å². The van der Waals surface area contributed by atoms with Crippen LogP contribution in [0.1, 0.15) is 30.7 Å². The molecule has 1 aromatic carbocycles. The number of benzene rings is 1. The van der Waals surface area contributed by atoms with Gasteiger partial charge in [-0.15, -0.1) is 0 Å². The monoisotopic (exact) mass is 286 g/mol. The molecule has 1 heterocycles. The summed E-state index contributed by atoms with van der Waals surface area (Å²) in [5.41, 5.74) is 3.76. The molecule has 0 bridgehead atoms. The van der Waals surface area contributed by atoms with Crippen LogP contribution in [0.4, 0.5) is 5.69 Å². The molecule has 0 radical (unpaired) electrons. The van der Waals surface area contributed by atoms with Crippen LogP contribution in [-0.4, -0.2) is 13.6 Å². The summed E-state index contributed by atoms with van der Waals surface area (Å²) in [5, 5.41) is 3.44. The minimum Gasteiger partial charge on any atom is -0.468 e. The van der Waals surface area contributed by atoms with Gasteiger partial charge in [0.05, 0.1) is 12.8 Å². The Hall–Kier alpha value is -1.74. The molecule has 0 aliphatic heterocycles. The van der Waals surface area contributed by atoms with Crippen LogP contribution in [0.5, 0.6) is 0 Å². The molecule has 0 fully saturated rings. The zero-order valence-electron chi connectivity index (χ0n) is 13.5. The molecule has 21 heavy (non-hydrogen) atoms. The second kappa shape index (κ2) is 7.32. The molecule has 0 aliphatic rings. The fourth-order valence-corrected chi connectivity index (χ4v) is 2.28. The van der Waals surface area contributed by atoms with Crippen molar-refractivity contribution in [3.8, 4) is 0 Å². The van der Waals surface area contributed by atoms with E-state index < -0.39 is 0 Å². The van der Waals surface area contributed by atoms with Crippen molar-refractivity contribution in [3.05, 3.63) is 53.5 Å². The summed E-state index contributed by atoms with van der Waals surface area (Å²) in [4.78, 5) is 2.25. The van der Waals surface area contributed by atoms with Crippen LogP contribution in [0.15, 0.2) is 41.0 Å². The lowest BCUT2D eigenvalue weighted by atomic mass is 10.2. The first-order valence-corrected chi connectivity index (χ1v) is 7.60. The number of hydrogen-bond acceptors (Lipinski definition) is 3. The highest BCUT2D eigenvalue weighted by atomic mass is 16.3. The Balaban J connectivity index is 1.96. The molecule has 3 heteroatoms. The molecule has 0 atom stereocenters. The van der Waals surface area contributed by atoms with Crippen molar-refractivity contribution in [2.24, 2.45) is 5.92 Å². The van der Waals surface area contributed by atoms with Gasteiger partial charge in [0.1, 0.15) is 5.76 Å².